The number of nitroso groups, excluding NO2 is 1. The number of pyridine rings is 1. The van der Waals surface area contributed by atoms with Crippen LogP contribution < -0.4 is 5.32 Å². The van der Waals surface area contributed by atoms with Crippen LogP contribution in [0.1, 0.15) is 59.1 Å². The Morgan fingerprint density at radius 3 is 2.94 bits per heavy atom. The van der Waals surface area contributed by atoms with Crippen molar-refractivity contribution >= 4 is 22.3 Å². The third kappa shape index (κ3) is 4.20. The summed E-state index contributed by atoms with van der Waals surface area (Å²) in [7, 11) is 0. The number of nitrogens with one attached hydrogen (secondary N) is 2. The minimum atomic E-state index is -0.536. The Hall–Kier alpha value is -3.55. The zero-order chi connectivity index (χ0) is 23.7. The first-order valence-electron chi connectivity index (χ1n) is 11.7. The summed E-state index contributed by atoms with van der Waals surface area (Å²) in [6.45, 7) is 2.41. The molecule has 5 rings (SSSR count). The molecule has 0 spiro atoms. The molecule has 4 aromatic rings. The Kier molecular flexibility index (Phi) is 6.13. The maximum atomic E-state index is 11.6. The molecule has 4 N–H and O–H groups in total. The van der Waals surface area contributed by atoms with Gasteiger partial charge in [0.2, 0.25) is 0 Å². The molecule has 1 aliphatic carbocycles. The smallest absolute Gasteiger partial charge is 0.131 e. The molecule has 0 radical (unpaired) electrons. The third-order valence-electron chi connectivity index (χ3n) is 6.72. The lowest BCUT2D eigenvalue weighted by Crippen LogP contribution is -2.05. The van der Waals surface area contributed by atoms with Gasteiger partial charge >= 0.3 is 0 Å². The van der Waals surface area contributed by atoms with Gasteiger partial charge in [0.25, 0.3) is 0 Å². The van der Waals surface area contributed by atoms with Crippen LogP contribution >= 0.6 is 0 Å². The highest BCUT2D eigenvalue weighted by atomic mass is 16.3. The lowest BCUT2D eigenvalue weighted by molar-refractivity contribution is 0.176. The molecule has 0 fully saturated rings. The summed E-state index contributed by atoms with van der Waals surface area (Å²) in [5.41, 5.74) is 8.12. The van der Waals surface area contributed by atoms with E-state index in [0.717, 1.165) is 57.3 Å². The number of aromatic amines is 1. The molecule has 2 aromatic carbocycles. The molecule has 7 heteroatoms. The number of H-pyrrole nitrogens is 1. The monoisotopic (exact) mass is 456 g/mol. The van der Waals surface area contributed by atoms with Crippen molar-refractivity contribution in [3.63, 3.8) is 0 Å². The van der Waals surface area contributed by atoms with Gasteiger partial charge in [0.05, 0.1) is 29.1 Å². The number of para-hydroxylation sites is 1. The number of nitrogens with zero attached hydrogens (tertiary/aromatic N) is 2. The van der Waals surface area contributed by atoms with Crippen molar-refractivity contribution in [1.82, 2.24) is 9.97 Å². The summed E-state index contributed by atoms with van der Waals surface area (Å²) in [6.07, 6.45) is 5.66. The van der Waals surface area contributed by atoms with Gasteiger partial charge in [-0.2, -0.15) is 0 Å². The van der Waals surface area contributed by atoms with Gasteiger partial charge in [0.15, 0.2) is 0 Å². The molecule has 0 saturated carbocycles. The Morgan fingerprint density at radius 2 is 2.12 bits per heavy atom. The standard InChI is InChI=1S/C27H28N4O3/c1-16(32)20-3-2-4-21-19(15-30-26(20)21)10-11-28-23-7-5-17(14-24(23)31-34)13-18-9-12-29-27-22(18)6-8-25(27)33/h2-5,7,9,12,14-16,25,28,30,32-33H,6,8,10-11,13H2,1H3. The van der Waals surface area contributed by atoms with Crippen molar-refractivity contribution in [2.45, 2.75) is 44.8 Å². The van der Waals surface area contributed by atoms with Crippen LogP contribution in [0, 0.1) is 4.91 Å². The predicted molar refractivity (Wildman–Crippen MR) is 133 cm³/mol. The fourth-order valence-electron chi connectivity index (χ4n) is 4.96. The van der Waals surface area contributed by atoms with Crippen molar-refractivity contribution in [2.75, 3.05) is 11.9 Å². The second kappa shape index (κ2) is 9.37. The van der Waals surface area contributed by atoms with Crippen molar-refractivity contribution in [1.29, 1.82) is 0 Å². The third-order valence-corrected chi connectivity index (χ3v) is 6.72. The van der Waals surface area contributed by atoms with Crippen LogP contribution in [-0.4, -0.2) is 26.7 Å². The normalized spacial score (nSPS) is 15.9. The highest BCUT2D eigenvalue weighted by molar-refractivity contribution is 5.86. The minimum absolute atomic E-state index is 0.388. The van der Waals surface area contributed by atoms with Crippen LogP contribution in [0.15, 0.2) is 60.0 Å². The van der Waals surface area contributed by atoms with Crippen LogP contribution in [0.3, 0.4) is 0 Å². The number of aromatic nitrogens is 2. The molecule has 34 heavy (non-hydrogen) atoms. The molecule has 7 nitrogen and oxygen atoms in total. The number of hydrogen-bond acceptors (Lipinski definition) is 6. The first-order valence-corrected chi connectivity index (χ1v) is 11.7. The summed E-state index contributed by atoms with van der Waals surface area (Å²) in [6, 6.07) is 13.7. The summed E-state index contributed by atoms with van der Waals surface area (Å²) < 4.78 is 0. The van der Waals surface area contributed by atoms with Gasteiger partial charge in [-0.3, -0.25) is 4.98 Å². The first-order chi connectivity index (χ1) is 16.5. The van der Waals surface area contributed by atoms with Crippen molar-refractivity contribution in [3.05, 3.63) is 93.3 Å². The zero-order valence-electron chi connectivity index (χ0n) is 19.1. The van der Waals surface area contributed by atoms with E-state index in [4.69, 9.17) is 0 Å². The molecule has 0 amide bonds. The predicted octanol–water partition coefficient (Wildman–Crippen LogP) is 5.24. The molecule has 2 heterocycles. The number of aliphatic hydroxyl groups excluding tert-OH is 2. The molecule has 0 saturated heterocycles. The lowest BCUT2D eigenvalue weighted by atomic mass is 9.99. The first kappa shape index (κ1) is 22.3. The van der Waals surface area contributed by atoms with E-state index < -0.39 is 12.2 Å². The SMILES string of the molecule is CC(O)c1cccc2c(CCNc3ccc(Cc4ccnc5c4CCC5O)cc3N=O)c[nH]c12. The molecule has 2 atom stereocenters. The Labute approximate surface area is 197 Å². The number of aliphatic hydroxyl groups is 2. The van der Waals surface area contributed by atoms with Gasteiger partial charge in [-0.05, 0) is 78.2 Å². The molecular weight excluding hydrogens is 428 g/mol. The largest absolute Gasteiger partial charge is 0.389 e. The van der Waals surface area contributed by atoms with E-state index in [-0.39, 0.29) is 0 Å². The Balaban J connectivity index is 1.28. The van der Waals surface area contributed by atoms with Crippen LogP contribution in [0.5, 0.6) is 0 Å². The number of fused-ring (bicyclic) bond motifs is 2. The molecule has 0 bridgehead atoms. The summed E-state index contributed by atoms with van der Waals surface area (Å²) in [4.78, 5) is 19.2. The molecule has 174 valence electrons. The Bertz CT molecular complexity index is 1350. The van der Waals surface area contributed by atoms with Crippen LogP contribution in [0.4, 0.5) is 11.4 Å². The fraction of sp³-hybridized carbons (Fsp3) is 0.296. The van der Waals surface area contributed by atoms with Gasteiger partial charge < -0.3 is 20.5 Å². The lowest BCUT2D eigenvalue weighted by Gasteiger charge is -2.12. The van der Waals surface area contributed by atoms with E-state index in [0.29, 0.717) is 30.8 Å². The van der Waals surface area contributed by atoms with Crippen LogP contribution in [-0.2, 0) is 19.3 Å². The Morgan fingerprint density at radius 1 is 1.24 bits per heavy atom. The van der Waals surface area contributed by atoms with Gasteiger partial charge in [-0.15, -0.1) is 4.91 Å². The maximum absolute atomic E-state index is 11.6. The van der Waals surface area contributed by atoms with E-state index in [1.165, 1.54) is 0 Å². The summed E-state index contributed by atoms with van der Waals surface area (Å²) in [5, 5.41) is 27.8. The summed E-state index contributed by atoms with van der Waals surface area (Å²) in [5.74, 6) is 0. The molecule has 2 aromatic heterocycles. The average Bonchev–Trinajstić information content (AvgIpc) is 3.44. The number of rotatable bonds is 8. The molecule has 0 aliphatic heterocycles. The van der Waals surface area contributed by atoms with Gasteiger partial charge in [0.1, 0.15) is 5.69 Å². The van der Waals surface area contributed by atoms with Crippen molar-refractivity contribution in [2.24, 2.45) is 5.18 Å². The van der Waals surface area contributed by atoms with Gasteiger partial charge in [0, 0.05) is 29.9 Å². The number of benzene rings is 2. The van der Waals surface area contributed by atoms with E-state index in [9.17, 15) is 15.1 Å². The fourth-order valence-corrected chi connectivity index (χ4v) is 4.96. The highest BCUT2D eigenvalue weighted by Gasteiger charge is 2.24. The van der Waals surface area contributed by atoms with E-state index in [1.54, 1.807) is 13.1 Å². The number of anilines is 1. The van der Waals surface area contributed by atoms with Crippen molar-refractivity contribution in [3.8, 4) is 0 Å². The molecule has 1 aliphatic rings. The molecule has 2 unspecified atom stereocenters. The van der Waals surface area contributed by atoms with E-state index in [1.807, 2.05) is 42.6 Å². The highest BCUT2D eigenvalue weighted by Crippen LogP contribution is 2.34. The second-order valence-corrected chi connectivity index (χ2v) is 8.94. The topological polar surface area (TPSA) is 111 Å². The second-order valence-electron chi connectivity index (χ2n) is 8.94. The minimum Gasteiger partial charge on any atom is -0.389 e. The van der Waals surface area contributed by atoms with Crippen molar-refractivity contribution < 1.29 is 10.2 Å². The van der Waals surface area contributed by atoms with E-state index >= 15 is 0 Å². The average molecular weight is 457 g/mol. The van der Waals surface area contributed by atoms with E-state index in [2.05, 4.69) is 26.5 Å². The van der Waals surface area contributed by atoms with Crippen LogP contribution in [0.25, 0.3) is 10.9 Å². The number of hydrogen-bond donors (Lipinski definition) is 4. The van der Waals surface area contributed by atoms with Crippen LogP contribution in [0.2, 0.25) is 0 Å². The molecular formula is C27H28N4O3. The maximum Gasteiger partial charge on any atom is 0.131 e. The quantitative estimate of drug-likeness (QED) is 0.271. The van der Waals surface area contributed by atoms with Gasteiger partial charge in [-0.25, -0.2) is 0 Å². The zero-order valence-corrected chi connectivity index (χ0v) is 19.1. The summed E-state index contributed by atoms with van der Waals surface area (Å²) >= 11 is 0. The van der Waals surface area contributed by atoms with Gasteiger partial charge in [-0.1, -0.05) is 24.3 Å².